The van der Waals surface area contributed by atoms with Gasteiger partial charge >= 0.3 is 0 Å². The quantitative estimate of drug-likeness (QED) is 0.760. The highest BCUT2D eigenvalue weighted by Gasteiger charge is 2.20. The van der Waals surface area contributed by atoms with Gasteiger partial charge in [-0.1, -0.05) is 19.1 Å². The molecule has 0 aliphatic rings. The zero-order valence-electron chi connectivity index (χ0n) is 9.75. The van der Waals surface area contributed by atoms with E-state index in [4.69, 9.17) is 0 Å². The Bertz CT molecular complexity index is 400. The standard InChI is InChI=1S/C13H15BrFNO/c1-3-8-16(9-4-2)13(17)12-10(14)6-5-7-11(12)15/h3,5-7H,1,4,8-9H2,2H3. The molecular formula is C13H15BrFNO. The monoisotopic (exact) mass is 299 g/mol. The van der Waals surface area contributed by atoms with Crippen LogP contribution >= 0.6 is 15.9 Å². The molecule has 0 aliphatic heterocycles. The Kier molecular flexibility index (Phi) is 5.35. The number of benzene rings is 1. The minimum absolute atomic E-state index is 0.0859. The number of carbonyl (C=O) groups excluding carboxylic acids is 1. The summed E-state index contributed by atoms with van der Waals surface area (Å²) in [5, 5.41) is 0. The molecule has 0 aliphatic carbocycles. The second-order valence-electron chi connectivity index (χ2n) is 3.64. The number of hydrogen-bond donors (Lipinski definition) is 0. The van der Waals surface area contributed by atoms with Crippen molar-refractivity contribution < 1.29 is 9.18 Å². The van der Waals surface area contributed by atoms with E-state index >= 15 is 0 Å². The number of hydrogen-bond acceptors (Lipinski definition) is 1. The van der Waals surface area contributed by atoms with E-state index in [2.05, 4.69) is 22.5 Å². The van der Waals surface area contributed by atoms with Gasteiger partial charge in [0.25, 0.3) is 5.91 Å². The van der Waals surface area contributed by atoms with Gasteiger partial charge in [-0.2, -0.15) is 0 Å². The molecule has 1 amide bonds. The molecule has 1 rings (SSSR count). The predicted octanol–water partition coefficient (Wildman–Crippen LogP) is 3.63. The Balaban J connectivity index is 3.04. The third kappa shape index (κ3) is 3.40. The van der Waals surface area contributed by atoms with Gasteiger partial charge in [-0.15, -0.1) is 6.58 Å². The van der Waals surface area contributed by atoms with Crippen LogP contribution in [0.15, 0.2) is 35.3 Å². The Morgan fingerprint density at radius 1 is 1.59 bits per heavy atom. The molecule has 0 saturated heterocycles. The van der Waals surface area contributed by atoms with Crippen molar-refractivity contribution in [2.45, 2.75) is 13.3 Å². The summed E-state index contributed by atoms with van der Waals surface area (Å²) in [4.78, 5) is 13.8. The first-order valence-corrected chi connectivity index (χ1v) is 6.25. The minimum Gasteiger partial charge on any atom is -0.335 e. The van der Waals surface area contributed by atoms with Gasteiger partial charge in [0.05, 0.1) is 5.56 Å². The van der Waals surface area contributed by atoms with E-state index in [-0.39, 0.29) is 11.5 Å². The topological polar surface area (TPSA) is 20.3 Å². The summed E-state index contributed by atoms with van der Waals surface area (Å²) >= 11 is 3.20. The summed E-state index contributed by atoms with van der Waals surface area (Å²) in [6.07, 6.45) is 2.47. The van der Waals surface area contributed by atoms with Gasteiger partial charge in [-0.25, -0.2) is 4.39 Å². The van der Waals surface area contributed by atoms with Crippen LogP contribution in [0.2, 0.25) is 0 Å². The van der Waals surface area contributed by atoms with Crippen molar-refractivity contribution in [1.29, 1.82) is 0 Å². The molecule has 0 unspecified atom stereocenters. The van der Waals surface area contributed by atoms with Crippen LogP contribution in [0.4, 0.5) is 4.39 Å². The second kappa shape index (κ2) is 6.55. The summed E-state index contributed by atoms with van der Waals surface area (Å²) in [7, 11) is 0. The number of amides is 1. The van der Waals surface area contributed by atoms with Crippen LogP contribution in [0.1, 0.15) is 23.7 Å². The van der Waals surface area contributed by atoms with Crippen molar-refractivity contribution in [1.82, 2.24) is 4.90 Å². The smallest absolute Gasteiger partial charge is 0.258 e. The van der Waals surface area contributed by atoms with Gasteiger partial charge in [-0.3, -0.25) is 4.79 Å². The summed E-state index contributed by atoms with van der Waals surface area (Å²) in [6, 6.07) is 4.51. The molecule has 1 aromatic rings. The highest BCUT2D eigenvalue weighted by Crippen LogP contribution is 2.21. The van der Waals surface area contributed by atoms with Crippen LogP contribution in [-0.2, 0) is 0 Å². The Hall–Kier alpha value is -1.16. The third-order valence-electron chi connectivity index (χ3n) is 2.31. The van der Waals surface area contributed by atoms with Crippen molar-refractivity contribution >= 4 is 21.8 Å². The van der Waals surface area contributed by atoms with E-state index in [0.717, 1.165) is 6.42 Å². The Morgan fingerprint density at radius 2 is 2.29 bits per heavy atom. The molecule has 0 N–H and O–H groups in total. The lowest BCUT2D eigenvalue weighted by molar-refractivity contribution is 0.0768. The molecule has 92 valence electrons. The number of rotatable bonds is 5. The zero-order valence-corrected chi connectivity index (χ0v) is 11.3. The van der Waals surface area contributed by atoms with E-state index in [1.807, 2.05) is 6.92 Å². The average Bonchev–Trinajstić information content (AvgIpc) is 2.28. The second-order valence-corrected chi connectivity index (χ2v) is 4.49. The van der Waals surface area contributed by atoms with Gasteiger partial charge in [0, 0.05) is 17.6 Å². The van der Waals surface area contributed by atoms with E-state index in [1.165, 1.54) is 6.07 Å². The molecule has 4 heteroatoms. The largest absolute Gasteiger partial charge is 0.335 e. The first-order chi connectivity index (χ1) is 8.11. The van der Waals surface area contributed by atoms with Gasteiger partial charge in [0.1, 0.15) is 5.82 Å². The highest BCUT2D eigenvalue weighted by atomic mass is 79.9. The Labute approximate surface area is 109 Å². The molecule has 0 fully saturated rings. The highest BCUT2D eigenvalue weighted by molar-refractivity contribution is 9.10. The molecule has 0 radical (unpaired) electrons. The fraction of sp³-hybridized carbons (Fsp3) is 0.308. The summed E-state index contributed by atoms with van der Waals surface area (Å²) in [5.74, 6) is -0.814. The Morgan fingerprint density at radius 3 is 2.82 bits per heavy atom. The van der Waals surface area contributed by atoms with Crippen LogP contribution in [0.3, 0.4) is 0 Å². The molecule has 0 heterocycles. The van der Waals surface area contributed by atoms with Crippen LogP contribution in [0.25, 0.3) is 0 Å². The fourth-order valence-corrected chi connectivity index (χ4v) is 2.07. The van der Waals surface area contributed by atoms with E-state index in [0.29, 0.717) is 17.6 Å². The maximum Gasteiger partial charge on any atom is 0.258 e. The predicted molar refractivity (Wildman–Crippen MR) is 70.5 cm³/mol. The maximum atomic E-state index is 13.6. The third-order valence-corrected chi connectivity index (χ3v) is 2.97. The maximum absolute atomic E-state index is 13.6. The van der Waals surface area contributed by atoms with Gasteiger partial charge in [-0.05, 0) is 34.5 Å². The van der Waals surface area contributed by atoms with E-state index < -0.39 is 5.82 Å². The van der Waals surface area contributed by atoms with Crippen LogP contribution in [0.5, 0.6) is 0 Å². The lowest BCUT2D eigenvalue weighted by Crippen LogP contribution is -2.32. The molecule has 0 saturated carbocycles. The lowest BCUT2D eigenvalue weighted by Gasteiger charge is -2.21. The molecule has 0 atom stereocenters. The van der Waals surface area contributed by atoms with Crippen molar-refractivity contribution in [3.8, 4) is 0 Å². The van der Waals surface area contributed by atoms with E-state index in [1.54, 1.807) is 23.1 Å². The first kappa shape index (κ1) is 13.9. The van der Waals surface area contributed by atoms with E-state index in [9.17, 15) is 9.18 Å². The summed E-state index contributed by atoms with van der Waals surface area (Å²) in [5.41, 5.74) is 0.0859. The lowest BCUT2D eigenvalue weighted by atomic mass is 10.2. The zero-order chi connectivity index (χ0) is 12.8. The van der Waals surface area contributed by atoms with Crippen LogP contribution in [0, 0.1) is 5.82 Å². The van der Waals surface area contributed by atoms with Crippen molar-refractivity contribution in [2.75, 3.05) is 13.1 Å². The molecular weight excluding hydrogens is 285 g/mol. The molecule has 2 nitrogen and oxygen atoms in total. The van der Waals surface area contributed by atoms with Gasteiger partial charge in [0.2, 0.25) is 0 Å². The number of carbonyl (C=O) groups is 1. The molecule has 0 spiro atoms. The molecule has 1 aromatic carbocycles. The van der Waals surface area contributed by atoms with Crippen LogP contribution < -0.4 is 0 Å². The first-order valence-electron chi connectivity index (χ1n) is 5.46. The van der Waals surface area contributed by atoms with Crippen molar-refractivity contribution in [2.24, 2.45) is 0 Å². The molecule has 0 aromatic heterocycles. The average molecular weight is 300 g/mol. The van der Waals surface area contributed by atoms with Crippen molar-refractivity contribution in [3.63, 3.8) is 0 Å². The minimum atomic E-state index is -0.505. The summed E-state index contributed by atoms with van der Waals surface area (Å²) < 4.78 is 14.1. The summed E-state index contributed by atoms with van der Waals surface area (Å²) in [6.45, 7) is 6.59. The van der Waals surface area contributed by atoms with Gasteiger partial charge in [0.15, 0.2) is 0 Å². The number of halogens is 2. The van der Waals surface area contributed by atoms with Crippen LogP contribution in [-0.4, -0.2) is 23.9 Å². The van der Waals surface area contributed by atoms with Crippen molar-refractivity contribution in [3.05, 3.63) is 46.7 Å². The molecule has 17 heavy (non-hydrogen) atoms. The van der Waals surface area contributed by atoms with Gasteiger partial charge < -0.3 is 4.90 Å². The fourth-order valence-electron chi connectivity index (χ4n) is 1.56. The SMILES string of the molecule is C=CCN(CCC)C(=O)c1c(F)cccc1Br. The number of nitrogens with zero attached hydrogens (tertiary/aromatic N) is 1. The molecule has 0 bridgehead atoms. The normalized spacial score (nSPS) is 10.1.